The molecule has 9 heteroatoms. The van der Waals surface area contributed by atoms with Crippen molar-refractivity contribution in [1.29, 1.82) is 5.41 Å². The van der Waals surface area contributed by atoms with Gasteiger partial charge in [-0.25, -0.2) is 8.42 Å². The van der Waals surface area contributed by atoms with Gasteiger partial charge in [-0.05, 0) is 30.5 Å². The highest BCUT2D eigenvalue weighted by Crippen LogP contribution is 2.24. The van der Waals surface area contributed by atoms with Crippen molar-refractivity contribution in [2.75, 3.05) is 13.1 Å². The third-order valence-electron chi connectivity index (χ3n) is 4.37. The van der Waals surface area contributed by atoms with Crippen LogP contribution in [0.5, 0.6) is 0 Å². The van der Waals surface area contributed by atoms with E-state index >= 15 is 0 Å². The Bertz CT molecular complexity index is 1010. The van der Waals surface area contributed by atoms with Crippen molar-refractivity contribution in [3.63, 3.8) is 0 Å². The number of carbonyl (C=O) groups excluding carboxylic acids is 1. The highest BCUT2D eigenvalue weighted by atomic mass is 35.5. The van der Waals surface area contributed by atoms with Crippen LogP contribution in [0.4, 0.5) is 0 Å². The summed E-state index contributed by atoms with van der Waals surface area (Å²) in [6, 6.07) is 8.00. The summed E-state index contributed by atoms with van der Waals surface area (Å²) in [5.41, 5.74) is 5.69. The van der Waals surface area contributed by atoms with Gasteiger partial charge in [0, 0.05) is 19.3 Å². The molecular weight excluding hydrogens is 376 g/mol. The number of aromatic nitrogens is 1. The minimum Gasteiger partial charge on any atom is -0.365 e. The average Bonchev–Trinajstić information content (AvgIpc) is 3.13. The molecule has 1 amide bonds. The monoisotopic (exact) mass is 394 g/mol. The molecule has 3 N–H and O–H groups in total. The molecule has 1 aromatic heterocycles. The molecule has 3 rings (SSSR count). The van der Waals surface area contributed by atoms with E-state index in [-0.39, 0.29) is 27.5 Å². The average molecular weight is 395 g/mol. The molecule has 138 valence electrons. The summed E-state index contributed by atoms with van der Waals surface area (Å²) >= 11 is 6.03. The number of pyridine rings is 1. The number of nitrogens with zero attached hydrogens (tertiary/aromatic N) is 2. The third kappa shape index (κ3) is 3.53. The van der Waals surface area contributed by atoms with Gasteiger partial charge >= 0.3 is 0 Å². The zero-order chi connectivity index (χ0) is 18.9. The van der Waals surface area contributed by atoms with Gasteiger partial charge < -0.3 is 10.3 Å². The van der Waals surface area contributed by atoms with Crippen LogP contribution < -0.4 is 11.2 Å². The zero-order valence-electron chi connectivity index (χ0n) is 14.0. The SMILES string of the molecule is N=c1c(C(N)=O)cc(Cl)cn1Cc1ccccc1S(=O)(=O)N1CCCC1. The van der Waals surface area contributed by atoms with Gasteiger partial charge in [-0.2, -0.15) is 4.31 Å². The number of hydrogen-bond acceptors (Lipinski definition) is 4. The lowest BCUT2D eigenvalue weighted by molar-refractivity contribution is 0.0997. The molecule has 2 aromatic rings. The van der Waals surface area contributed by atoms with E-state index in [0.29, 0.717) is 18.7 Å². The first-order valence-electron chi connectivity index (χ1n) is 8.13. The molecule has 1 fully saturated rings. The van der Waals surface area contributed by atoms with Gasteiger partial charge in [-0.3, -0.25) is 10.2 Å². The first kappa shape index (κ1) is 18.6. The topological polar surface area (TPSA) is 109 Å². The van der Waals surface area contributed by atoms with Crippen molar-refractivity contribution in [3.05, 3.63) is 58.2 Å². The fraction of sp³-hybridized carbons (Fsp3) is 0.294. The molecule has 1 saturated heterocycles. The van der Waals surface area contributed by atoms with Crippen LogP contribution in [0.15, 0.2) is 41.4 Å². The largest absolute Gasteiger partial charge is 0.365 e. The Morgan fingerprint density at radius 1 is 1.23 bits per heavy atom. The summed E-state index contributed by atoms with van der Waals surface area (Å²) in [6.07, 6.45) is 3.18. The molecule has 0 spiro atoms. The first-order chi connectivity index (χ1) is 12.3. The van der Waals surface area contributed by atoms with E-state index in [9.17, 15) is 13.2 Å². The molecule has 1 aliphatic rings. The minimum absolute atomic E-state index is 0.0163. The summed E-state index contributed by atoms with van der Waals surface area (Å²) in [5.74, 6) is -0.760. The molecule has 7 nitrogen and oxygen atoms in total. The molecular formula is C17H19ClN4O3S. The van der Waals surface area contributed by atoms with Crippen molar-refractivity contribution in [3.8, 4) is 0 Å². The van der Waals surface area contributed by atoms with Crippen LogP contribution in [0.2, 0.25) is 5.02 Å². The molecule has 0 unspecified atom stereocenters. The Morgan fingerprint density at radius 3 is 2.54 bits per heavy atom. The number of rotatable bonds is 5. The Hall–Kier alpha value is -2.16. The van der Waals surface area contributed by atoms with Crippen molar-refractivity contribution in [2.45, 2.75) is 24.3 Å². The predicted octanol–water partition coefficient (Wildman–Crippen LogP) is 1.55. The van der Waals surface area contributed by atoms with Gasteiger partial charge in [0.1, 0.15) is 5.49 Å². The quantitative estimate of drug-likeness (QED) is 0.802. The highest BCUT2D eigenvalue weighted by Gasteiger charge is 2.29. The number of hydrogen-bond donors (Lipinski definition) is 2. The number of carbonyl (C=O) groups is 1. The van der Waals surface area contributed by atoms with Gasteiger partial charge in [0.2, 0.25) is 10.0 Å². The standard InChI is InChI=1S/C17H19ClN4O3S/c18-13-9-14(17(20)23)16(19)21(11-13)10-12-5-1-2-6-15(12)26(24,25)22-7-3-4-8-22/h1-2,5-6,9,11,19H,3-4,7-8,10H2,(H2,20,23). The van der Waals surface area contributed by atoms with Crippen LogP contribution in [0, 0.1) is 5.41 Å². The van der Waals surface area contributed by atoms with Crippen LogP contribution in [0.25, 0.3) is 0 Å². The maximum atomic E-state index is 12.9. The third-order valence-corrected chi connectivity index (χ3v) is 6.57. The smallest absolute Gasteiger partial charge is 0.252 e. The van der Waals surface area contributed by atoms with Crippen molar-refractivity contribution in [1.82, 2.24) is 8.87 Å². The Morgan fingerprint density at radius 2 is 1.88 bits per heavy atom. The molecule has 1 aromatic carbocycles. The van der Waals surface area contributed by atoms with Gasteiger partial charge in [0.05, 0.1) is 22.0 Å². The Kier molecular flexibility index (Phi) is 5.17. The number of benzene rings is 1. The van der Waals surface area contributed by atoms with Crippen molar-refractivity contribution < 1.29 is 13.2 Å². The number of primary amides is 1. The molecule has 26 heavy (non-hydrogen) atoms. The van der Waals surface area contributed by atoms with Gasteiger partial charge in [0.25, 0.3) is 5.91 Å². The van der Waals surface area contributed by atoms with Crippen LogP contribution in [0.1, 0.15) is 28.8 Å². The molecule has 0 bridgehead atoms. The van der Waals surface area contributed by atoms with Crippen LogP contribution in [-0.2, 0) is 16.6 Å². The maximum absolute atomic E-state index is 12.9. The highest BCUT2D eigenvalue weighted by molar-refractivity contribution is 7.89. The van der Waals surface area contributed by atoms with E-state index in [4.69, 9.17) is 22.7 Å². The predicted molar refractivity (Wildman–Crippen MR) is 97.4 cm³/mol. The van der Waals surface area contributed by atoms with Crippen LogP contribution in [0.3, 0.4) is 0 Å². The lowest BCUT2D eigenvalue weighted by Gasteiger charge is -2.19. The van der Waals surface area contributed by atoms with Crippen LogP contribution >= 0.6 is 11.6 Å². The fourth-order valence-corrected chi connectivity index (χ4v) is 5.02. The number of amides is 1. The number of nitrogens with two attached hydrogens (primary N) is 1. The molecule has 0 aliphatic carbocycles. The molecule has 0 saturated carbocycles. The second-order valence-electron chi connectivity index (χ2n) is 6.13. The first-order valence-corrected chi connectivity index (χ1v) is 9.95. The number of sulfonamides is 1. The fourth-order valence-electron chi connectivity index (χ4n) is 3.06. The summed E-state index contributed by atoms with van der Waals surface area (Å²) in [6.45, 7) is 1.11. The summed E-state index contributed by atoms with van der Waals surface area (Å²) in [5, 5.41) is 8.40. The van der Waals surface area contributed by atoms with Crippen LogP contribution in [-0.4, -0.2) is 36.3 Å². The lowest BCUT2D eigenvalue weighted by Crippen LogP contribution is -2.31. The summed E-state index contributed by atoms with van der Waals surface area (Å²) < 4.78 is 28.8. The van der Waals surface area contributed by atoms with E-state index < -0.39 is 15.9 Å². The maximum Gasteiger partial charge on any atom is 0.252 e. The second kappa shape index (κ2) is 7.22. The van der Waals surface area contributed by atoms with E-state index in [1.165, 1.54) is 21.1 Å². The number of nitrogens with one attached hydrogen (secondary N) is 1. The normalized spacial score (nSPS) is 15.3. The minimum atomic E-state index is -3.60. The van der Waals surface area contributed by atoms with E-state index in [1.54, 1.807) is 24.3 Å². The molecule has 0 radical (unpaired) electrons. The second-order valence-corrected chi connectivity index (χ2v) is 8.47. The Labute approximate surface area is 156 Å². The van der Waals surface area contributed by atoms with Gasteiger partial charge in [0.15, 0.2) is 0 Å². The van der Waals surface area contributed by atoms with Crippen molar-refractivity contribution in [2.24, 2.45) is 5.73 Å². The molecule has 2 heterocycles. The van der Waals surface area contributed by atoms with Crippen molar-refractivity contribution >= 4 is 27.5 Å². The molecule has 1 aliphatic heterocycles. The molecule has 0 atom stereocenters. The Balaban J connectivity index is 2.05. The zero-order valence-corrected chi connectivity index (χ0v) is 15.6. The lowest BCUT2D eigenvalue weighted by atomic mass is 10.2. The van der Waals surface area contributed by atoms with E-state index in [0.717, 1.165) is 12.8 Å². The van der Waals surface area contributed by atoms with Gasteiger partial charge in [-0.1, -0.05) is 29.8 Å². The van der Waals surface area contributed by atoms with Gasteiger partial charge in [-0.15, -0.1) is 0 Å². The van der Waals surface area contributed by atoms with E-state index in [2.05, 4.69) is 0 Å². The summed E-state index contributed by atoms with van der Waals surface area (Å²) in [4.78, 5) is 11.7. The number of halogens is 1. The summed E-state index contributed by atoms with van der Waals surface area (Å²) in [7, 11) is -3.60. The van der Waals surface area contributed by atoms with E-state index in [1.807, 2.05) is 0 Å².